The Morgan fingerprint density at radius 2 is 0.651 bits per heavy atom. The third-order valence-corrected chi connectivity index (χ3v) is 13.6. The highest BCUT2D eigenvalue weighted by atomic mass is 16.3. The van der Waals surface area contributed by atoms with Gasteiger partial charge in [0.05, 0.1) is 18.8 Å². The van der Waals surface area contributed by atoms with Crippen molar-refractivity contribution in [1.82, 2.24) is 5.32 Å². The molecule has 0 aromatic carbocycles. The maximum Gasteiger partial charge on any atom is 0.249 e. The van der Waals surface area contributed by atoms with Crippen LogP contribution in [0, 0.1) is 0 Å². The third-order valence-electron chi connectivity index (χ3n) is 13.6. The average molecular weight is 889 g/mol. The van der Waals surface area contributed by atoms with Gasteiger partial charge < -0.3 is 20.6 Å². The lowest BCUT2D eigenvalue weighted by Gasteiger charge is -2.23. The minimum absolute atomic E-state index is 0.311. The molecule has 0 saturated heterocycles. The van der Waals surface area contributed by atoms with Gasteiger partial charge in [-0.05, 0) is 44.9 Å². The molecule has 0 saturated carbocycles. The van der Waals surface area contributed by atoms with Gasteiger partial charge in [-0.15, -0.1) is 0 Å². The van der Waals surface area contributed by atoms with Crippen LogP contribution in [-0.2, 0) is 4.79 Å². The zero-order chi connectivity index (χ0) is 45.8. The van der Waals surface area contributed by atoms with Gasteiger partial charge in [0.25, 0.3) is 0 Å². The standard InChI is InChI=1S/C58H113NO4/c1-3-5-7-9-11-13-15-17-19-21-23-25-26-27-28-29-30-31-33-35-37-39-41-43-45-47-49-51-53-57(62)58(63)59-55(54-60)56(61)52-50-48-46-44-42-40-38-36-34-32-24-22-20-18-16-14-12-10-8-6-4-2/h23,25,27-28,55-57,60-62H,3-22,24,26,29-54H2,1-2H3,(H,59,63)/b25-23-,28-27-. The highest BCUT2D eigenvalue weighted by Gasteiger charge is 2.23. The van der Waals surface area contributed by atoms with Crippen LogP contribution < -0.4 is 5.32 Å². The largest absolute Gasteiger partial charge is 0.394 e. The van der Waals surface area contributed by atoms with Gasteiger partial charge in [0, 0.05) is 0 Å². The van der Waals surface area contributed by atoms with Crippen molar-refractivity contribution in [3.05, 3.63) is 24.3 Å². The molecule has 0 bridgehead atoms. The van der Waals surface area contributed by atoms with Crippen LogP contribution in [0.25, 0.3) is 0 Å². The first-order chi connectivity index (χ1) is 31.1. The molecule has 0 aromatic rings. The lowest BCUT2D eigenvalue weighted by Crippen LogP contribution is -2.49. The normalized spacial score (nSPS) is 13.4. The van der Waals surface area contributed by atoms with E-state index in [0.29, 0.717) is 12.8 Å². The Bertz CT molecular complexity index is 936. The SMILES string of the molecule is CCCCCCCCCCC/C=C\C/C=C\CCCCCCCCCCCCCCC(O)C(=O)NC(CO)C(O)CCCCCCCCCCCCCCCCCCCCCCC. The Kier molecular flexibility index (Phi) is 52.5. The van der Waals surface area contributed by atoms with Gasteiger partial charge in [0.2, 0.25) is 5.91 Å². The van der Waals surface area contributed by atoms with Crippen LogP contribution in [-0.4, -0.2) is 46.1 Å². The minimum Gasteiger partial charge on any atom is -0.394 e. The zero-order valence-corrected chi connectivity index (χ0v) is 42.7. The molecule has 0 aromatic heterocycles. The molecule has 3 atom stereocenters. The van der Waals surface area contributed by atoms with Gasteiger partial charge in [-0.3, -0.25) is 4.79 Å². The van der Waals surface area contributed by atoms with Gasteiger partial charge in [0.1, 0.15) is 6.10 Å². The van der Waals surface area contributed by atoms with Crippen molar-refractivity contribution < 1.29 is 20.1 Å². The van der Waals surface area contributed by atoms with Crippen LogP contribution in [0.1, 0.15) is 316 Å². The maximum atomic E-state index is 12.6. The summed E-state index contributed by atoms with van der Waals surface area (Å²) >= 11 is 0. The molecule has 3 unspecified atom stereocenters. The van der Waals surface area contributed by atoms with Crippen LogP contribution in [0.2, 0.25) is 0 Å². The number of carbonyl (C=O) groups is 1. The van der Waals surface area contributed by atoms with Crippen LogP contribution in [0.5, 0.6) is 0 Å². The molecule has 374 valence electrons. The first-order valence-corrected chi connectivity index (χ1v) is 28.6. The molecule has 0 radical (unpaired) electrons. The Balaban J connectivity index is 3.53. The summed E-state index contributed by atoms with van der Waals surface area (Å²) in [7, 11) is 0. The van der Waals surface area contributed by atoms with Crippen molar-refractivity contribution in [3.8, 4) is 0 Å². The Labute approximate surface area is 394 Å². The molecule has 5 heteroatoms. The van der Waals surface area contributed by atoms with Crippen molar-refractivity contribution in [2.24, 2.45) is 0 Å². The second-order valence-electron chi connectivity index (χ2n) is 19.9. The molecular weight excluding hydrogens is 775 g/mol. The van der Waals surface area contributed by atoms with E-state index in [1.54, 1.807) is 0 Å². The molecule has 0 aliphatic heterocycles. The highest BCUT2D eigenvalue weighted by Crippen LogP contribution is 2.18. The predicted molar refractivity (Wildman–Crippen MR) is 278 cm³/mol. The second-order valence-corrected chi connectivity index (χ2v) is 19.9. The third kappa shape index (κ3) is 48.6. The summed E-state index contributed by atoms with van der Waals surface area (Å²) in [5.74, 6) is -0.467. The lowest BCUT2D eigenvalue weighted by atomic mass is 10.0. The van der Waals surface area contributed by atoms with E-state index < -0.39 is 24.2 Å². The summed E-state index contributed by atoms with van der Waals surface area (Å²) in [5.41, 5.74) is 0. The second kappa shape index (κ2) is 53.4. The topological polar surface area (TPSA) is 89.8 Å². The van der Waals surface area contributed by atoms with Crippen LogP contribution in [0.15, 0.2) is 24.3 Å². The maximum absolute atomic E-state index is 12.6. The van der Waals surface area contributed by atoms with Crippen molar-refractivity contribution in [2.75, 3.05) is 6.61 Å². The van der Waals surface area contributed by atoms with E-state index in [4.69, 9.17) is 0 Å². The van der Waals surface area contributed by atoms with Crippen LogP contribution in [0.4, 0.5) is 0 Å². The lowest BCUT2D eigenvalue weighted by molar-refractivity contribution is -0.131. The molecule has 0 aliphatic rings. The van der Waals surface area contributed by atoms with E-state index >= 15 is 0 Å². The number of carbonyl (C=O) groups excluding carboxylic acids is 1. The first-order valence-electron chi connectivity index (χ1n) is 28.6. The van der Waals surface area contributed by atoms with Gasteiger partial charge in [-0.25, -0.2) is 0 Å². The van der Waals surface area contributed by atoms with Crippen molar-refractivity contribution in [3.63, 3.8) is 0 Å². The Morgan fingerprint density at radius 3 is 0.952 bits per heavy atom. The number of nitrogens with one attached hydrogen (secondary N) is 1. The molecule has 0 aliphatic carbocycles. The van der Waals surface area contributed by atoms with Gasteiger partial charge in [-0.1, -0.05) is 295 Å². The fourth-order valence-electron chi connectivity index (χ4n) is 9.11. The average Bonchev–Trinajstić information content (AvgIpc) is 3.29. The Morgan fingerprint density at radius 1 is 0.381 bits per heavy atom. The summed E-state index contributed by atoms with van der Waals surface area (Å²) in [6.45, 7) is 4.27. The van der Waals surface area contributed by atoms with Crippen molar-refractivity contribution in [2.45, 2.75) is 334 Å². The molecule has 4 N–H and O–H groups in total. The fraction of sp³-hybridized carbons (Fsp3) is 0.914. The summed E-state index contributed by atoms with van der Waals surface area (Å²) in [6, 6.07) is -0.712. The molecule has 0 fully saturated rings. The number of hydrogen-bond donors (Lipinski definition) is 4. The Hall–Kier alpha value is -1.17. The van der Waals surface area contributed by atoms with E-state index in [1.807, 2.05) is 0 Å². The fourth-order valence-corrected chi connectivity index (χ4v) is 9.11. The summed E-state index contributed by atoms with van der Waals surface area (Å²) in [6.07, 6.45) is 67.9. The van der Waals surface area contributed by atoms with E-state index in [9.17, 15) is 20.1 Å². The number of rotatable bonds is 53. The first kappa shape index (κ1) is 61.8. The monoisotopic (exact) mass is 888 g/mol. The van der Waals surface area contributed by atoms with E-state index in [1.165, 1.54) is 250 Å². The molecule has 0 rings (SSSR count). The number of aliphatic hydroxyl groups excluding tert-OH is 3. The number of unbranched alkanes of at least 4 members (excludes halogenated alkanes) is 41. The minimum atomic E-state index is -1.08. The van der Waals surface area contributed by atoms with E-state index in [0.717, 1.165) is 38.5 Å². The van der Waals surface area contributed by atoms with Crippen LogP contribution >= 0.6 is 0 Å². The number of aliphatic hydroxyl groups is 3. The molecule has 0 heterocycles. The quantitative estimate of drug-likeness (QED) is 0.0362. The summed E-state index contributed by atoms with van der Waals surface area (Å²) in [4.78, 5) is 12.6. The van der Waals surface area contributed by atoms with Gasteiger partial charge in [-0.2, -0.15) is 0 Å². The van der Waals surface area contributed by atoms with Gasteiger partial charge >= 0.3 is 0 Å². The smallest absolute Gasteiger partial charge is 0.249 e. The molecule has 5 nitrogen and oxygen atoms in total. The number of allylic oxidation sites excluding steroid dienone is 4. The van der Waals surface area contributed by atoms with Crippen molar-refractivity contribution in [1.29, 1.82) is 0 Å². The molecule has 63 heavy (non-hydrogen) atoms. The van der Waals surface area contributed by atoms with Gasteiger partial charge in [0.15, 0.2) is 0 Å². The molecular formula is C58H113NO4. The van der Waals surface area contributed by atoms with E-state index in [2.05, 4.69) is 43.5 Å². The van der Waals surface area contributed by atoms with Crippen molar-refractivity contribution >= 4 is 5.91 Å². The number of amides is 1. The van der Waals surface area contributed by atoms with Crippen LogP contribution in [0.3, 0.4) is 0 Å². The number of hydrogen-bond acceptors (Lipinski definition) is 4. The molecule has 1 amide bonds. The summed E-state index contributed by atoms with van der Waals surface area (Å²) < 4.78 is 0. The zero-order valence-electron chi connectivity index (χ0n) is 42.7. The highest BCUT2D eigenvalue weighted by molar-refractivity contribution is 5.80. The predicted octanol–water partition coefficient (Wildman–Crippen LogP) is 17.7. The molecule has 0 spiro atoms. The summed E-state index contributed by atoms with van der Waals surface area (Å²) in [5, 5.41) is 33.6. The van der Waals surface area contributed by atoms with E-state index in [-0.39, 0.29) is 6.61 Å².